The predicted molar refractivity (Wildman–Crippen MR) is 124 cm³/mol. The maximum atomic E-state index is 13.1. The fourth-order valence-electron chi connectivity index (χ4n) is 3.76. The zero-order valence-electron chi connectivity index (χ0n) is 17.1. The molecule has 1 saturated heterocycles. The van der Waals surface area contributed by atoms with Crippen LogP contribution in [-0.4, -0.2) is 43.2 Å². The van der Waals surface area contributed by atoms with Gasteiger partial charge in [0.05, 0.1) is 22.0 Å². The number of piperazine rings is 1. The van der Waals surface area contributed by atoms with Crippen molar-refractivity contribution >= 4 is 40.5 Å². The largest absolute Gasteiger partial charge is 0.478 e. The van der Waals surface area contributed by atoms with Gasteiger partial charge < -0.3 is 20.2 Å². The van der Waals surface area contributed by atoms with Crippen LogP contribution >= 0.6 is 11.6 Å². The third-order valence-corrected chi connectivity index (χ3v) is 5.72. The Morgan fingerprint density at radius 1 is 0.875 bits per heavy atom. The molecule has 0 spiro atoms. The van der Waals surface area contributed by atoms with Crippen molar-refractivity contribution in [2.24, 2.45) is 0 Å². The van der Waals surface area contributed by atoms with Gasteiger partial charge in [0.15, 0.2) is 0 Å². The fourth-order valence-corrected chi connectivity index (χ4v) is 4.02. The third kappa shape index (κ3) is 4.68. The summed E-state index contributed by atoms with van der Waals surface area (Å²) in [4.78, 5) is 28.5. The second kappa shape index (κ2) is 9.28. The monoisotopic (exact) mass is 453 g/mol. The maximum absolute atomic E-state index is 13.1. The van der Waals surface area contributed by atoms with E-state index in [1.165, 1.54) is 30.3 Å². The van der Waals surface area contributed by atoms with E-state index in [0.717, 1.165) is 5.69 Å². The lowest BCUT2D eigenvalue weighted by atomic mass is 10.1. The van der Waals surface area contributed by atoms with E-state index >= 15 is 0 Å². The highest BCUT2D eigenvalue weighted by molar-refractivity contribution is 6.33. The van der Waals surface area contributed by atoms with Crippen molar-refractivity contribution in [2.45, 2.75) is 0 Å². The molecule has 3 aromatic rings. The first kappa shape index (κ1) is 21.6. The molecule has 4 rings (SSSR count). The van der Waals surface area contributed by atoms with Crippen LogP contribution < -0.4 is 15.1 Å². The molecule has 6 nitrogen and oxygen atoms in total. The molecule has 1 heterocycles. The second-order valence-electron chi connectivity index (χ2n) is 7.42. The number of carbonyl (C=O) groups excluding carboxylic acids is 1. The van der Waals surface area contributed by atoms with Crippen molar-refractivity contribution in [1.82, 2.24) is 0 Å². The van der Waals surface area contributed by atoms with Gasteiger partial charge in [-0.3, -0.25) is 4.79 Å². The minimum atomic E-state index is -1.08. The maximum Gasteiger partial charge on any atom is 0.337 e. The van der Waals surface area contributed by atoms with Crippen LogP contribution in [0.15, 0.2) is 66.7 Å². The van der Waals surface area contributed by atoms with Crippen LogP contribution in [0.4, 0.5) is 21.5 Å². The number of anilines is 3. The third-order valence-electron chi connectivity index (χ3n) is 5.40. The number of carbonyl (C=O) groups is 2. The summed E-state index contributed by atoms with van der Waals surface area (Å²) in [5.41, 5.74) is 2.30. The molecule has 1 aliphatic heterocycles. The fraction of sp³-hybridized carbons (Fsp3) is 0.167. The van der Waals surface area contributed by atoms with Crippen LogP contribution in [0.25, 0.3) is 0 Å². The molecule has 3 aromatic carbocycles. The van der Waals surface area contributed by atoms with Crippen molar-refractivity contribution in [3.05, 3.63) is 88.7 Å². The van der Waals surface area contributed by atoms with Crippen LogP contribution in [0, 0.1) is 5.82 Å². The Balaban J connectivity index is 1.49. The number of halogens is 2. The molecule has 32 heavy (non-hydrogen) atoms. The molecule has 0 saturated carbocycles. The molecule has 0 radical (unpaired) electrons. The molecular weight excluding hydrogens is 433 g/mol. The van der Waals surface area contributed by atoms with Crippen molar-refractivity contribution in [2.75, 3.05) is 41.3 Å². The normalized spacial score (nSPS) is 13.7. The molecule has 1 amide bonds. The average molecular weight is 454 g/mol. The number of aromatic carboxylic acids is 1. The topological polar surface area (TPSA) is 72.9 Å². The molecule has 0 bridgehead atoms. The van der Waals surface area contributed by atoms with Crippen molar-refractivity contribution in [3.63, 3.8) is 0 Å². The van der Waals surface area contributed by atoms with Crippen LogP contribution in [-0.2, 0) is 0 Å². The minimum absolute atomic E-state index is 0.105. The van der Waals surface area contributed by atoms with Gasteiger partial charge in [0.1, 0.15) is 5.82 Å². The van der Waals surface area contributed by atoms with Gasteiger partial charge >= 0.3 is 5.97 Å². The standard InChI is InChI=1S/C24H21ClFN3O3/c25-20-3-1-2-4-22(20)29-13-11-28(12-14-29)21-10-9-18(15-19(21)24(31)32)27-23(30)16-5-7-17(26)8-6-16/h1-10,15H,11-14H2,(H,27,30)(H,31,32). The summed E-state index contributed by atoms with van der Waals surface area (Å²) >= 11 is 6.30. The summed E-state index contributed by atoms with van der Waals surface area (Å²) in [6.45, 7) is 2.66. The van der Waals surface area contributed by atoms with Crippen LogP contribution in [0.2, 0.25) is 5.02 Å². The SMILES string of the molecule is O=C(Nc1ccc(N2CCN(c3ccccc3Cl)CC2)c(C(=O)O)c1)c1ccc(F)cc1. The number of benzene rings is 3. The van der Waals surface area contributed by atoms with Crippen LogP contribution in [0.5, 0.6) is 0 Å². The Morgan fingerprint density at radius 2 is 1.50 bits per heavy atom. The Kier molecular flexibility index (Phi) is 6.28. The number of nitrogens with one attached hydrogen (secondary N) is 1. The molecule has 0 aromatic heterocycles. The molecule has 0 aliphatic carbocycles. The van der Waals surface area contributed by atoms with Crippen LogP contribution in [0.1, 0.15) is 20.7 Å². The average Bonchev–Trinajstić information content (AvgIpc) is 2.80. The molecule has 8 heteroatoms. The van der Waals surface area contributed by atoms with Crippen molar-refractivity contribution in [3.8, 4) is 0 Å². The summed E-state index contributed by atoms with van der Waals surface area (Å²) in [5.74, 6) is -1.96. The zero-order valence-corrected chi connectivity index (χ0v) is 17.8. The smallest absolute Gasteiger partial charge is 0.337 e. The van der Waals surface area contributed by atoms with E-state index < -0.39 is 17.7 Å². The Bertz CT molecular complexity index is 1150. The molecule has 2 N–H and O–H groups in total. The summed E-state index contributed by atoms with van der Waals surface area (Å²) in [6, 6.07) is 17.6. The Morgan fingerprint density at radius 3 is 2.12 bits per heavy atom. The number of amides is 1. The quantitative estimate of drug-likeness (QED) is 0.583. The molecule has 164 valence electrons. The lowest BCUT2D eigenvalue weighted by Crippen LogP contribution is -2.47. The van der Waals surface area contributed by atoms with E-state index in [0.29, 0.717) is 42.6 Å². The zero-order chi connectivity index (χ0) is 22.7. The van der Waals surface area contributed by atoms with Gasteiger partial charge in [0, 0.05) is 37.4 Å². The second-order valence-corrected chi connectivity index (χ2v) is 7.83. The first-order valence-electron chi connectivity index (χ1n) is 10.1. The number of hydrogen-bond acceptors (Lipinski definition) is 4. The van der Waals surface area contributed by atoms with Crippen molar-refractivity contribution in [1.29, 1.82) is 0 Å². The van der Waals surface area contributed by atoms with E-state index in [1.807, 2.05) is 29.2 Å². The van der Waals surface area contributed by atoms with Gasteiger partial charge in [0.2, 0.25) is 0 Å². The lowest BCUT2D eigenvalue weighted by Gasteiger charge is -2.38. The van der Waals surface area contributed by atoms with E-state index in [2.05, 4.69) is 10.2 Å². The van der Waals surface area contributed by atoms with Gasteiger partial charge in [-0.05, 0) is 54.6 Å². The number of nitrogens with zero attached hydrogens (tertiary/aromatic N) is 2. The number of hydrogen-bond donors (Lipinski definition) is 2. The van der Waals surface area contributed by atoms with Gasteiger partial charge in [-0.15, -0.1) is 0 Å². The van der Waals surface area contributed by atoms with Gasteiger partial charge in [-0.1, -0.05) is 23.7 Å². The Labute approximate surface area is 189 Å². The van der Waals surface area contributed by atoms with E-state index in [9.17, 15) is 19.1 Å². The summed E-state index contributed by atoms with van der Waals surface area (Å²) in [5, 5.41) is 13.1. The predicted octanol–water partition coefficient (Wildman–Crippen LogP) is 4.76. The van der Waals surface area contributed by atoms with E-state index in [-0.39, 0.29) is 11.1 Å². The van der Waals surface area contributed by atoms with Gasteiger partial charge in [-0.25, -0.2) is 9.18 Å². The molecule has 0 unspecified atom stereocenters. The van der Waals surface area contributed by atoms with Crippen molar-refractivity contribution < 1.29 is 19.1 Å². The summed E-state index contributed by atoms with van der Waals surface area (Å²) < 4.78 is 13.1. The van der Waals surface area contributed by atoms with Gasteiger partial charge in [0.25, 0.3) is 5.91 Å². The highest BCUT2D eigenvalue weighted by Gasteiger charge is 2.23. The lowest BCUT2D eigenvalue weighted by molar-refractivity contribution is 0.0697. The number of para-hydroxylation sites is 1. The molecule has 0 atom stereocenters. The van der Waals surface area contributed by atoms with E-state index in [1.54, 1.807) is 12.1 Å². The molecule has 1 fully saturated rings. The highest BCUT2D eigenvalue weighted by Crippen LogP contribution is 2.29. The molecule has 1 aliphatic rings. The first-order valence-corrected chi connectivity index (χ1v) is 10.5. The number of carboxylic acids is 1. The van der Waals surface area contributed by atoms with E-state index in [4.69, 9.17) is 11.6 Å². The van der Waals surface area contributed by atoms with Crippen LogP contribution in [0.3, 0.4) is 0 Å². The van der Waals surface area contributed by atoms with Gasteiger partial charge in [-0.2, -0.15) is 0 Å². The first-order chi connectivity index (χ1) is 15.4. The summed E-state index contributed by atoms with van der Waals surface area (Å²) in [6.07, 6.45) is 0. The Hall–Kier alpha value is -3.58. The molecular formula is C24H21ClFN3O3. The minimum Gasteiger partial charge on any atom is -0.478 e. The summed E-state index contributed by atoms with van der Waals surface area (Å²) in [7, 11) is 0. The number of carboxylic acid groups (broad SMARTS) is 1. The highest BCUT2D eigenvalue weighted by atomic mass is 35.5. The number of rotatable bonds is 5.